The van der Waals surface area contributed by atoms with Crippen LogP contribution in [0.15, 0.2) is 77.0 Å². The molecule has 0 aliphatic rings. The van der Waals surface area contributed by atoms with E-state index in [1.54, 1.807) is 6.20 Å². The zero-order valence-corrected chi connectivity index (χ0v) is 17.0. The number of fused-ring (bicyclic) bond motifs is 1. The highest BCUT2D eigenvalue weighted by molar-refractivity contribution is 7.99. The number of anilines is 3. The Morgan fingerprint density at radius 3 is 2.66 bits per heavy atom. The van der Waals surface area contributed by atoms with E-state index in [9.17, 15) is 9.59 Å². The average molecular weight is 423 g/mol. The van der Waals surface area contributed by atoms with Crippen LogP contribution < -0.4 is 16.2 Å². The molecule has 2 heterocycles. The Morgan fingerprint density at radius 2 is 1.83 bits per heavy atom. The molecule has 4 aromatic rings. The number of nitrogens with one attached hydrogen (secondary N) is 2. The molecule has 0 spiro atoms. The second kappa shape index (κ2) is 8.93. The van der Waals surface area contributed by atoms with Gasteiger partial charge in [-0.05, 0) is 24.3 Å². The smallest absolute Gasteiger partial charge is 0.258 e. The Morgan fingerprint density at radius 1 is 1.07 bits per heavy atom. The van der Waals surface area contributed by atoms with E-state index in [1.165, 1.54) is 33.6 Å². The van der Waals surface area contributed by atoms with Crippen LogP contribution in [0.2, 0.25) is 0 Å². The van der Waals surface area contributed by atoms with Gasteiger partial charge >= 0.3 is 0 Å². The van der Waals surface area contributed by atoms with E-state index in [1.807, 2.05) is 60.0 Å². The van der Waals surface area contributed by atoms with Crippen LogP contribution in [0.25, 0.3) is 4.96 Å². The predicted molar refractivity (Wildman–Crippen MR) is 120 cm³/mol. The first-order valence-electron chi connectivity index (χ1n) is 8.93. The first-order chi connectivity index (χ1) is 14.2. The number of amides is 1. The van der Waals surface area contributed by atoms with Crippen LogP contribution in [0.4, 0.5) is 17.1 Å². The molecular formula is C21H18N4O2S2. The summed E-state index contributed by atoms with van der Waals surface area (Å²) in [6.07, 6.45) is 1.71. The summed E-state index contributed by atoms with van der Waals surface area (Å²) in [5, 5.41) is 8.09. The molecule has 0 fully saturated rings. The molecule has 29 heavy (non-hydrogen) atoms. The summed E-state index contributed by atoms with van der Waals surface area (Å²) in [5.41, 5.74) is 3.08. The third-order valence-electron chi connectivity index (χ3n) is 4.09. The molecule has 0 unspecified atom stereocenters. The van der Waals surface area contributed by atoms with Crippen molar-refractivity contribution in [1.29, 1.82) is 0 Å². The second-order valence-electron chi connectivity index (χ2n) is 6.22. The monoisotopic (exact) mass is 422 g/mol. The van der Waals surface area contributed by atoms with Crippen molar-refractivity contribution in [3.8, 4) is 0 Å². The van der Waals surface area contributed by atoms with Crippen molar-refractivity contribution in [2.45, 2.75) is 5.75 Å². The number of thioether (sulfide) groups is 1. The van der Waals surface area contributed by atoms with Crippen molar-refractivity contribution in [3.05, 3.63) is 88.3 Å². The summed E-state index contributed by atoms with van der Waals surface area (Å²) in [6, 6.07) is 18.9. The molecule has 4 rings (SSSR count). The number of hydrogen-bond donors (Lipinski definition) is 2. The predicted octanol–water partition coefficient (Wildman–Crippen LogP) is 4.37. The summed E-state index contributed by atoms with van der Waals surface area (Å²) in [4.78, 5) is 29.5. The lowest BCUT2D eigenvalue weighted by molar-refractivity contribution is -0.113. The first kappa shape index (κ1) is 19.2. The number of rotatable bonds is 7. The Hall–Kier alpha value is -3.10. The van der Waals surface area contributed by atoms with Gasteiger partial charge in [0.2, 0.25) is 5.91 Å². The number of nitrogens with zero attached hydrogens (tertiary/aromatic N) is 2. The van der Waals surface area contributed by atoms with Crippen LogP contribution >= 0.6 is 23.1 Å². The van der Waals surface area contributed by atoms with Gasteiger partial charge in [-0.2, -0.15) is 0 Å². The van der Waals surface area contributed by atoms with E-state index in [0.717, 1.165) is 17.1 Å². The maximum Gasteiger partial charge on any atom is 0.258 e. The minimum atomic E-state index is -0.105. The van der Waals surface area contributed by atoms with Crippen LogP contribution in [0.5, 0.6) is 0 Å². The SMILES string of the molecule is O=C(CSCc1cc(=O)n2ccsc2n1)Nc1ccccc1Nc1ccccc1. The lowest BCUT2D eigenvalue weighted by Gasteiger charge is -2.13. The van der Waals surface area contributed by atoms with Gasteiger partial charge in [0, 0.05) is 29.1 Å². The number of hydrogen-bond acceptors (Lipinski definition) is 6. The summed E-state index contributed by atoms with van der Waals surface area (Å²) in [6.45, 7) is 0. The van der Waals surface area contributed by atoms with Crippen molar-refractivity contribution < 1.29 is 4.79 Å². The topological polar surface area (TPSA) is 75.5 Å². The van der Waals surface area contributed by atoms with E-state index in [-0.39, 0.29) is 17.2 Å². The Labute approximate surface area is 175 Å². The number of para-hydroxylation sites is 3. The van der Waals surface area contributed by atoms with E-state index >= 15 is 0 Å². The fraction of sp³-hybridized carbons (Fsp3) is 0.0952. The molecular weight excluding hydrogens is 404 g/mol. The fourth-order valence-electron chi connectivity index (χ4n) is 2.77. The lowest BCUT2D eigenvalue weighted by atomic mass is 10.2. The molecule has 0 atom stereocenters. The van der Waals surface area contributed by atoms with Crippen molar-refractivity contribution in [1.82, 2.24) is 9.38 Å². The van der Waals surface area contributed by atoms with Crippen LogP contribution in [0.1, 0.15) is 5.69 Å². The third kappa shape index (κ3) is 4.85. The molecule has 2 aromatic carbocycles. The van der Waals surface area contributed by atoms with Gasteiger partial charge in [0.05, 0.1) is 22.8 Å². The molecule has 0 aliphatic heterocycles. The highest BCUT2D eigenvalue weighted by Gasteiger charge is 2.09. The van der Waals surface area contributed by atoms with E-state index in [0.29, 0.717) is 16.4 Å². The number of aromatic nitrogens is 2. The quantitative estimate of drug-likeness (QED) is 0.463. The number of benzene rings is 2. The highest BCUT2D eigenvalue weighted by Crippen LogP contribution is 2.25. The zero-order chi connectivity index (χ0) is 20.1. The number of carbonyl (C=O) groups is 1. The van der Waals surface area contributed by atoms with E-state index in [4.69, 9.17) is 0 Å². The summed E-state index contributed by atoms with van der Waals surface area (Å²) in [5.74, 6) is 0.665. The standard InChI is InChI=1S/C21H18N4O2S2/c26-19(14-28-13-16-12-20(27)25-10-11-29-21(25)23-16)24-18-9-5-4-8-17(18)22-15-6-2-1-3-7-15/h1-12,22H,13-14H2,(H,24,26). The van der Waals surface area contributed by atoms with Crippen LogP contribution in [-0.4, -0.2) is 21.0 Å². The van der Waals surface area contributed by atoms with E-state index in [2.05, 4.69) is 15.6 Å². The first-order valence-corrected chi connectivity index (χ1v) is 11.0. The van der Waals surface area contributed by atoms with Gasteiger partial charge in [-0.3, -0.25) is 14.0 Å². The minimum Gasteiger partial charge on any atom is -0.354 e. The van der Waals surface area contributed by atoms with Gasteiger partial charge in [0.25, 0.3) is 5.56 Å². The fourth-order valence-corrected chi connectivity index (χ4v) is 4.23. The Kier molecular flexibility index (Phi) is 5.92. The average Bonchev–Trinajstić information content (AvgIpc) is 3.20. The number of thiazole rings is 1. The lowest BCUT2D eigenvalue weighted by Crippen LogP contribution is -2.16. The van der Waals surface area contributed by atoms with Gasteiger partial charge in [0.1, 0.15) is 0 Å². The minimum absolute atomic E-state index is 0.0998. The molecule has 1 amide bonds. The highest BCUT2D eigenvalue weighted by atomic mass is 32.2. The Bertz CT molecular complexity index is 1190. The molecule has 0 bridgehead atoms. The normalized spacial score (nSPS) is 10.8. The molecule has 146 valence electrons. The summed E-state index contributed by atoms with van der Waals surface area (Å²) in [7, 11) is 0. The van der Waals surface area contributed by atoms with Gasteiger partial charge in [0.15, 0.2) is 4.96 Å². The molecule has 0 radical (unpaired) electrons. The largest absolute Gasteiger partial charge is 0.354 e. The summed E-state index contributed by atoms with van der Waals surface area (Å²) >= 11 is 2.84. The third-order valence-corrected chi connectivity index (χ3v) is 5.82. The van der Waals surface area contributed by atoms with Crippen LogP contribution in [-0.2, 0) is 10.5 Å². The summed E-state index contributed by atoms with van der Waals surface area (Å²) < 4.78 is 1.52. The van der Waals surface area contributed by atoms with Gasteiger partial charge in [-0.1, -0.05) is 30.3 Å². The van der Waals surface area contributed by atoms with Crippen molar-refractivity contribution in [3.63, 3.8) is 0 Å². The zero-order valence-electron chi connectivity index (χ0n) is 15.4. The molecule has 2 aromatic heterocycles. The van der Waals surface area contributed by atoms with Crippen LogP contribution in [0.3, 0.4) is 0 Å². The molecule has 0 aliphatic carbocycles. The van der Waals surface area contributed by atoms with Gasteiger partial charge in [-0.15, -0.1) is 23.1 Å². The number of carbonyl (C=O) groups excluding carboxylic acids is 1. The van der Waals surface area contributed by atoms with Crippen molar-refractivity contribution in [2.24, 2.45) is 0 Å². The van der Waals surface area contributed by atoms with Crippen LogP contribution in [0, 0.1) is 0 Å². The molecule has 0 saturated heterocycles. The van der Waals surface area contributed by atoms with Crippen molar-refractivity contribution >= 4 is 51.0 Å². The van der Waals surface area contributed by atoms with Crippen molar-refractivity contribution in [2.75, 3.05) is 16.4 Å². The maximum atomic E-state index is 12.4. The molecule has 8 heteroatoms. The Balaban J connectivity index is 1.35. The van der Waals surface area contributed by atoms with E-state index < -0.39 is 0 Å². The molecule has 2 N–H and O–H groups in total. The van der Waals surface area contributed by atoms with Gasteiger partial charge < -0.3 is 10.6 Å². The van der Waals surface area contributed by atoms with Gasteiger partial charge in [-0.25, -0.2) is 4.98 Å². The maximum absolute atomic E-state index is 12.4. The molecule has 6 nitrogen and oxygen atoms in total. The second-order valence-corrected chi connectivity index (χ2v) is 8.08. The molecule has 0 saturated carbocycles.